The topological polar surface area (TPSA) is 37.3 Å². The Morgan fingerprint density at radius 1 is 1.33 bits per heavy atom. The van der Waals surface area contributed by atoms with E-state index in [9.17, 15) is 9.90 Å². The third-order valence-electron chi connectivity index (χ3n) is 5.90. The molecule has 0 spiro atoms. The Labute approximate surface area is 91.1 Å². The summed E-state index contributed by atoms with van der Waals surface area (Å²) >= 11 is 0. The summed E-state index contributed by atoms with van der Waals surface area (Å²) in [5.74, 6) is 1.59. The summed E-state index contributed by atoms with van der Waals surface area (Å²) in [6.07, 6.45) is 6.97. The number of Topliss-reactive ketones (excluding diaryl/α,β-unsaturated/α-hetero) is 1. The number of hydrogen-bond donors (Lipinski definition) is 1. The molecule has 3 aliphatic carbocycles. The van der Waals surface area contributed by atoms with Crippen molar-refractivity contribution >= 4 is 5.78 Å². The zero-order chi connectivity index (χ0) is 10.7. The predicted molar refractivity (Wildman–Crippen MR) is 57.3 cm³/mol. The van der Waals surface area contributed by atoms with Gasteiger partial charge in [0.1, 0.15) is 5.78 Å². The highest BCUT2D eigenvalue weighted by Gasteiger charge is 2.70. The standard InChI is InChI=1S/C13H20O2/c1-9(15)13-6-2-5-12(13,8-14)10-3-4-11(13)7-10/h10-11,14H,2-8H2,1H3. The molecule has 2 bridgehead atoms. The average molecular weight is 208 g/mol. The van der Waals surface area contributed by atoms with Crippen LogP contribution in [0.4, 0.5) is 0 Å². The van der Waals surface area contributed by atoms with Crippen molar-refractivity contribution in [3.63, 3.8) is 0 Å². The van der Waals surface area contributed by atoms with Gasteiger partial charge in [-0.1, -0.05) is 6.42 Å². The fourth-order valence-corrected chi connectivity index (χ4v) is 5.43. The van der Waals surface area contributed by atoms with Crippen LogP contribution in [-0.4, -0.2) is 17.5 Å². The molecule has 0 radical (unpaired) electrons. The van der Waals surface area contributed by atoms with Gasteiger partial charge in [-0.05, 0) is 50.9 Å². The summed E-state index contributed by atoms with van der Waals surface area (Å²) in [6.45, 7) is 2.00. The summed E-state index contributed by atoms with van der Waals surface area (Å²) in [4.78, 5) is 12.1. The summed E-state index contributed by atoms with van der Waals surface area (Å²) in [5, 5.41) is 9.81. The summed E-state index contributed by atoms with van der Waals surface area (Å²) in [5.41, 5.74) is -0.133. The Kier molecular flexibility index (Phi) is 1.87. The van der Waals surface area contributed by atoms with Gasteiger partial charge in [-0.15, -0.1) is 0 Å². The van der Waals surface area contributed by atoms with Gasteiger partial charge in [0, 0.05) is 17.4 Å². The molecule has 1 N–H and O–H groups in total. The first kappa shape index (κ1) is 9.83. The van der Waals surface area contributed by atoms with Gasteiger partial charge in [-0.25, -0.2) is 0 Å². The molecule has 0 amide bonds. The van der Waals surface area contributed by atoms with Gasteiger partial charge in [-0.2, -0.15) is 0 Å². The normalized spacial score (nSPS) is 52.1. The molecule has 2 heteroatoms. The number of carbonyl (C=O) groups excluding carboxylic acids is 1. The first-order valence-corrected chi connectivity index (χ1v) is 6.29. The van der Waals surface area contributed by atoms with Crippen LogP contribution in [0.5, 0.6) is 0 Å². The lowest BCUT2D eigenvalue weighted by Crippen LogP contribution is -2.49. The number of rotatable bonds is 2. The molecule has 15 heavy (non-hydrogen) atoms. The SMILES string of the molecule is CC(=O)C12CCCC1(CO)C1CCC2C1. The lowest BCUT2D eigenvalue weighted by molar-refractivity contribution is -0.141. The molecule has 4 unspecified atom stereocenters. The molecule has 0 heterocycles. The van der Waals surface area contributed by atoms with Gasteiger partial charge in [0.15, 0.2) is 0 Å². The van der Waals surface area contributed by atoms with E-state index >= 15 is 0 Å². The van der Waals surface area contributed by atoms with Gasteiger partial charge in [0.2, 0.25) is 0 Å². The number of ketones is 1. The van der Waals surface area contributed by atoms with Crippen molar-refractivity contribution in [3.05, 3.63) is 0 Å². The number of aliphatic hydroxyl groups excluding tert-OH is 1. The van der Waals surface area contributed by atoms with Crippen LogP contribution >= 0.6 is 0 Å². The molecular weight excluding hydrogens is 188 g/mol. The summed E-state index contributed by atoms with van der Waals surface area (Å²) in [7, 11) is 0. The van der Waals surface area contributed by atoms with Crippen LogP contribution in [0.3, 0.4) is 0 Å². The van der Waals surface area contributed by atoms with Crippen LogP contribution in [0.15, 0.2) is 0 Å². The molecule has 0 aromatic rings. The Morgan fingerprint density at radius 3 is 2.67 bits per heavy atom. The van der Waals surface area contributed by atoms with Crippen molar-refractivity contribution in [2.24, 2.45) is 22.7 Å². The minimum Gasteiger partial charge on any atom is -0.396 e. The Hall–Kier alpha value is -0.370. The molecule has 0 aromatic heterocycles. The number of fused-ring (bicyclic) bond motifs is 5. The van der Waals surface area contributed by atoms with Crippen LogP contribution < -0.4 is 0 Å². The van der Waals surface area contributed by atoms with Crippen molar-refractivity contribution in [2.75, 3.05) is 6.61 Å². The fourth-order valence-electron chi connectivity index (χ4n) is 5.43. The Morgan fingerprint density at radius 2 is 2.07 bits per heavy atom. The van der Waals surface area contributed by atoms with Crippen LogP contribution in [0, 0.1) is 22.7 Å². The van der Waals surface area contributed by atoms with Crippen molar-refractivity contribution in [2.45, 2.75) is 45.4 Å². The average Bonchev–Trinajstić information content (AvgIpc) is 2.88. The van der Waals surface area contributed by atoms with E-state index in [0.29, 0.717) is 17.6 Å². The monoisotopic (exact) mass is 208 g/mol. The van der Waals surface area contributed by atoms with Gasteiger partial charge < -0.3 is 5.11 Å². The van der Waals surface area contributed by atoms with Crippen molar-refractivity contribution in [1.82, 2.24) is 0 Å². The van der Waals surface area contributed by atoms with E-state index in [2.05, 4.69) is 0 Å². The minimum absolute atomic E-state index is 0.0122. The van der Waals surface area contributed by atoms with E-state index in [1.807, 2.05) is 0 Å². The molecule has 0 saturated heterocycles. The number of hydrogen-bond acceptors (Lipinski definition) is 2. The lowest BCUT2D eigenvalue weighted by atomic mass is 9.56. The highest BCUT2D eigenvalue weighted by molar-refractivity contribution is 5.85. The molecule has 3 saturated carbocycles. The molecule has 4 atom stereocenters. The Bertz CT molecular complexity index is 312. The zero-order valence-electron chi connectivity index (χ0n) is 9.46. The maximum absolute atomic E-state index is 12.1. The van der Waals surface area contributed by atoms with Gasteiger partial charge in [0.05, 0.1) is 0 Å². The van der Waals surface area contributed by atoms with E-state index in [1.165, 1.54) is 19.3 Å². The highest BCUT2D eigenvalue weighted by Crippen LogP contribution is 2.73. The van der Waals surface area contributed by atoms with E-state index in [1.54, 1.807) is 6.92 Å². The summed E-state index contributed by atoms with van der Waals surface area (Å²) < 4.78 is 0. The number of carbonyl (C=O) groups is 1. The van der Waals surface area contributed by atoms with Crippen molar-refractivity contribution in [3.8, 4) is 0 Å². The fraction of sp³-hybridized carbons (Fsp3) is 0.923. The Balaban J connectivity index is 2.13. The van der Waals surface area contributed by atoms with E-state index in [0.717, 1.165) is 19.3 Å². The quantitative estimate of drug-likeness (QED) is 0.755. The largest absolute Gasteiger partial charge is 0.396 e. The molecule has 3 aliphatic rings. The third-order valence-corrected chi connectivity index (χ3v) is 5.90. The minimum atomic E-state index is -0.120. The van der Waals surface area contributed by atoms with E-state index < -0.39 is 0 Å². The van der Waals surface area contributed by atoms with Crippen LogP contribution in [0.25, 0.3) is 0 Å². The first-order valence-electron chi connectivity index (χ1n) is 6.29. The zero-order valence-corrected chi connectivity index (χ0v) is 9.46. The second-order valence-electron chi connectivity index (χ2n) is 5.90. The highest BCUT2D eigenvalue weighted by atomic mass is 16.3. The molecule has 3 rings (SSSR count). The maximum atomic E-state index is 12.1. The summed E-state index contributed by atoms with van der Waals surface area (Å²) in [6, 6.07) is 0. The smallest absolute Gasteiger partial charge is 0.136 e. The number of aliphatic hydroxyl groups is 1. The second kappa shape index (κ2) is 2.85. The molecule has 2 nitrogen and oxygen atoms in total. The molecule has 0 aliphatic heterocycles. The lowest BCUT2D eigenvalue weighted by Gasteiger charge is -2.46. The maximum Gasteiger partial charge on any atom is 0.136 e. The predicted octanol–water partition coefficient (Wildman–Crippen LogP) is 2.15. The van der Waals surface area contributed by atoms with Crippen LogP contribution in [-0.2, 0) is 4.79 Å². The second-order valence-corrected chi connectivity index (χ2v) is 5.90. The van der Waals surface area contributed by atoms with E-state index in [4.69, 9.17) is 0 Å². The van der Waals surface area contributed by atoms with Crippen LogP contribution in [0.1, 0.15) is 45.4 Å². The van der Waals surface area contributed by atoms with E-state index in [-0.39, 0.29) is 17.4 Å². The first-order chi connectivity index (χ1) is 7.17. The molecular formula is C13H20O2. The van der Waals surface area contributed by atoms with Crippen molar-refractivity contribution < 1.29 is 9.90 Å². The van der Waals surface area contributed by atoms with Crippen LogP contribution in [0.2, 0.25) is 0 Å². The van der Waals surface area contributed by atoms with Crippen molar-refractivity contribution in [1.29, 1.82) is 0 Å². The van der Waals surface area contributed by atoms with Gasteiger partial charge >= 0.3 is 0 Å². The molecule has 0 aromatic carbocycles. The third kappa shape index (κ3) is 0.848. The molecule has 84 valence electrons. The van der Waals surface area contributed by atoms with Gasteiger partial charge in [0.25, 0.3) is 0 Å². The van der Waals surface area contributed by atoms with Gasteiger partial charge in [-0.3, -0.25) is 4.79 Å². The molecule has 3 fully saturated rings.